The predicted molar refractivity (Wildman–Crippen MR) is 64.0 cm³/mol. The molecule has 1 aromatic rings. The molecule has 0 atom stereocenters. The van der Waals surface area contributed by atoms with Gasteiger partial charge in [0.1, 0.15) is 5.75 Å². The molecule has 1 N–H and O–H groups in total. The first-order valence-electron chi connectivity index (χ1n) is 5.66. The van der Waals surface area contributed by atoms with Crippen molar-refractivity contribution in [1.29, 1.82) is 0 Å². The first-order chi connectivity index (χ1) is 8.27. The molecule has 0 spiro atoms. The van der Waals surface area contributed by atoms with Crippen LogP contribution in [-0.4, -0.2) is 31.4 Å². The molecular formula is C13H18O4. The van der Waals surface area contributed by atoms with Crippen molar-refractivity contribution in [2.45, 2.75) is 19.3 Å². The molecule has 4 nitrogen and oxygen atoms in total. The summed E-state index contributed by atoms with van der Waals surface area (Å²) in [6, 6.07) is 7.60. The van der Waals surface area contributed by atoms with Crippen molar-refractivity contribution in [3.8, 4) is 5.75 Å². The van der Waals surface area contributed by atoms with Crippen molar-refractivity contribution in [1.82, 2.24) is 0 Å². The lowest BCUT2D eigenvalue weighted by molar-refractivity contribution is -0.143. The molecule has 0 unspecified atom stereocenters. The Kier molecular flexibility index (Phi) is 6.10. The first kappa shape index (κ1) is 13.5. The van der Waals surface area contributed by atoms with E-state index in [9.17, 15) is 4.79 Å². The highest BCUT2D eigenvalue weighted by Gasteiger charge is 2.06. The number of carbonyl (C=O) groups is 1. The number of para-hydroxylation sites is 1. The summed E-state index contributed by atoms with van der Waals surface area (Å²) >= 11 is 0. The van der Waals surface area contributed by atoms with Crippen LogP contribution in [0.1, 0.15) is 18.4 Å². The Morgan fingerprint density at radius 2 is 2.12 bits per heavy atom. The van der Waals surface area contributed by atoms with Crippen molar-refractivity contribution < 1.29 is 19.4 Å². The normalized spacial score (nSPS) is 10.0. The number of aryl methyl sites for hydroxylation is 1. The summed E-state index contributed by atoms with van der Waals surface area (Å²) in [6.07, 6.45) is 1.41. The molecule has 0 saturated carbocycles. The lowest BCUT2D eigenvalue weighted by atomic mass is 10.1. The van der Waals surface area contributed by atoms with Gasteiger partial charge < -0.3 is 14.6 Å². The van der Waals surface area contributed by atoms with Crippen LogP contribution in [0.25, 0.3) is 0 Å². The molecule has 17 heavy (non-hydrogen) atoms. The van der Waals surface area contributed by atoms with Gasteiger partial charge in [-0.3, -0.25) is 4.79 Å². The number of carbonyl (C=O) groups excluding carboxylic acids is 1. The quantitative estimate of drug-likeness (QED) is 0.578. The van der Waals surface area contributed by atoms with Gasteiger partial charge in [0.05, 0.1) is 13.7 Å². The fourth-order valence-corrected chi connectivity index (χ4v) is 1.47. The average Bonchev–Trinajstić information content (AvgIpc) is 2.37. The molecule has 0 aliphatic carbocycles. The Morgan fingerprint density at radius 1 is 1.35 bits per heavy atom. The number of aliphatic hydroxyl groups excluding tert-OH is 1. The maximum atomic E-state index is 11.3. The first-order valence-corrected chi connectivity index (χ1v) is 5.66. The molecule has 0 radical (unpaired) electrons. The predicted octanol–water partition coefficient (Wildman–Crippen LogP) is 1.55. The van der Waals surface area contributed by atoms with E-state index in [0.717, 1.165) is 11.3 Å². The van der Waals surface area contributed by atoms with Crippen molar-refractivity contribution in [2.75, 3.05) is 20.3 Å². The highest BCUT2D eigenvalue weighted by Crippen LogP contribution is 2.18. The SMILES string of the molecule is COc1ccccc1CCC(=O)OCCCO. The van der Waals surface area contributed by atoms with Gasteiger partial charge in [-0.15, -0.1) is 0 Å². The standard InChI is InChI=1S/C13H18O4/c1-16-12-6-3-2-5-11(12)7-8-13(15)17-10-4-9-14/h2-3,5-6,14H,4,7-10H2,1H3. The molecule has 0 fully saturated rings. The Hall–Kier alpha value is -1.55. The van der Waals surface area contributed by atoms with E-state index in [1.54, 1.807) is 7.11 Å². The molecule has 1 aromatic carbocycles. The van der Waals surface area contributed by atoms with Gasteiger partial charge in [-0.25, -0.2) is 0 Å². The third-order valence-corrected chi connectivity index (χ3v) is 2.36. The van der Waals surface area contributed by atoms with Crippen molar-refractivity contribution in [3.63, 3.8) is 0 Å². The fraction of sp³-hybridized carbons (Fsp3) is 0.462. The van der Waals surface area contributed by atoms with Gasteiger partial charge in [0.2, 0.25) is 0 Å². The van der Waals surface area contributed by atoms with Gasteiger partial charge in [-0.2, -0.15) is 0 Å². The third-order valence-electron chi connectivity index (χ3n) is 2.36. The van der Waals surface area contributed by atoms with Gasteiger partial charge in [-0.05, 0) is 18.1 Å². The molecule has 0 aliphatic heterocycles. The Labute approximate surface area is 101 Å². The van der Waals surface area contributed by atoms with Crippen LogP contribution < -0.4 is 4.74 Å². The smallest absolute Gasteiger partial charge is 0.306 e. The summed E-state index contributed by atoms with van der Waals surface area (Å²) in [5.74, 6) is 0.542. The number of aliphatic hydroxyl groups is 1. The van der Waals surface area contributed by atoms with Gasteiger partial charge in [-0.1, -0.05) is 18.2 Å². The molecular weight excluding hydrogens is 220 g/mol. The lowest BCUT2D eigenvalue weighted by Crippen LogP contribution is -2.08. The lowest BCUT2D eigenvalue weighted by Gasteiger charge is -2.07. The Bertz CT molecular complexity index is 349. The van der Waals surface area contributed by atoms with E-state index in [2.05, 4.69) is 0 Å². The number of esters is 1. The van der Waals surface area contributed by atoms with E-state index in [1.807, 2.05) is 24.3 Å². The summed E-state index contributed by atoms with van der Waals surface area (Å²) in [7, 11) is 1.61. The second-order valence-electron chi connectivity index (χ2n) is 3.61. The summed E-state index contributed by atoms with van der Waals surface area (Å²) in [4.78, 5) is 11.3. The minimum absolute atomic E-state index is 0.0415. The topological polar surface area (TPSA) is 55.8 Å². The molecule has 94 valence electrons. The summed E-state index contributed by atoms with van der Waals surface area (Å²) in [5.41, 5.74) is 0.995. The van der Waals surface area contributed by atoms with E-state index >= 15 is 0 Å². The molecule has 0 bridgehead atoms. The van der Waals surface area contributed by atoms with E-state index < -0.39 is 0 Å². The molecule has 0 saturated heterocycles. The Balaban J connectivity index is 2.36. The highest BCUT2D eigenvalue weighted by atomic mass is 16.5. The number of rotatable bonds is 7. The molecule has 4 heteroatoms. The van der Waals surface area contributed by atoms with Crippen LogP contribution in [-0.2, 0) is 16.0 Å². The number of methoxy groups -OCH3 is 1. The highest BCUT2D eigenvalue weighted by molar-refractivity contribution is 5.69. The van der Waals surface area contributed by atoms with Gasteiger partial charge in [0.15, 0.2) is 0 Å². The number of ether oxygens (including phenoxy) is 2. The summed E-state index contributed by atoms with van der Waals surface area (Å²) in [6.45, 7) is 0.320. The van der Waals surface area contributed by atoms with Gasteiger partial charge in [0, 0.05) is 19.4 Å². The van der Waals surface area contributed by atoms with Gasteiger partial charge >= 0.3 is 5.97 Å². The van der Waals surface area contributed by atoms with Crippen LogP contribution in [0.15, 0.2) is 24.3 Å². The monoisotopic (exact) mass is 238 g/mol. The number of benzene rings is 1. The maximum absolute atomic E-state index is 11.3. The van der Waals surface area contributed by atoms with Crippen LogP contribution >= 0.6 is 0 Å². The van der Waals surface area contributed by atoms with Crippen LogP contribution in [0, 0.1) is 0 Å². The van der Waals surface area contributed by atoms with Gasteiger partial charge in [0.25, 0.3) is 0 Å². The zero-order valence-corrected chi connectivity index (χ0v) is 10.0. The van der Waals surface area contributed by atoms with Crippen LogP contribution in [0.5, 0.6) is 5.75 Å². The molecule has 0 aromatic heterocycles. The van der Waals surface area contributed by atoms with E-state index in [4.69, 9.17) is 14.6 Å². The number of hydrogen-bond acceptors (Lipinski definition) is 4. The Morgan fingerprint density at radius 3 is 2.82 bits per heavy atom. The van der Waals surface area contributed by atoms with E-state index in [1.165, 1.54) is 0 Å². The molecule has 0 amide bonds. The van der Waals surface area contributed by atoms with Crippen molar-refractivity contribution in [3.05, 3.63) is 29.8 Å². The number of hydrogen-bond donors (Lipinski definition) is 1. The summed E-state index contributed by atoms with van der Waals surface area (Å²) < 4.78 is 10.1. The average molecular weight is 238 g/mol. The van der Waals surface area contributed by atoms with Crippen LogP contribution in [0.2, 0.25) is 0 Å². The third kappa shape index (κ3) is 4.87. The largest absolute Gasteiger partial charge is 0.496 e. The van der Waals surface area contributed by atoms with Crippen LogP contribution in [0.4, 0.5) is 0 Å². The molecule has 0 heterocycles. The molecule has 0 aliphatic rings. The van der Waals surface area contributed by atoms with Crippen molar-refractivity contribution >= 4 is 5.97 Å². The minimum atomic E-state index is -0.246. The van der Waals surface area contributed by atoms with Crippen LogP contribution in [0.3, 0.4) is 0 Å². The second kappa shape index (κ2) is 7.68. The maximum Gasteiger partial charge on any atom is 0.306 e. The van der Waals surface area contributed by atoms with E-state index in [-0.39, 0.29) is 19.2 Å². The fourth-order valence-electron chi connectivity index (χ4n) is 1.47. The molecule has 1 rings (SSSR count). The van der Waals surface area contributed by atoms with Crippen molar-refractivity contribution in [2.24, 2.45) is 0 Å². The zero-order valence-electron chi connectivity index (χ0n) is 10.0. The summed E-state index contributed by atoms with van der Waals surface area (Å²) in [5, 5.41) is 8.55. The minimum Gasteiger partial charge on any atom is -0.496 e. The zero-order chi connectivity index (χ0) is 12.5. The van der Waals surface area contributed by atoms with E-state index in [0.29, 0.717) is 19.3 Å². The second-order valence-corrected chi connectivity index (χ2v) is 3.61.